The molecule has 0 bridgehead atoms. The van der Waals surface area contributed by atoms with Crippen LogP contribution in [-0.2, 0) is 21.2 Å². The molecule has 1 atom stereocenters. The molecule has 1 fully saturated rings. The molecule has 0 aromatic heterocycles. The molecule has 1 amide bonds. The number of anilines is 1. The minimum atomic E-state index is -3.73. The lowest BCUT2D eigenvalue weighted by Gasteiger charge is -2.37. The Balaban J connectivity index is 1.42. The van der Waals surface area contributed by atoms with Crippen LogP contribution in [0, 0.1) is 5.92 Å². The summed E-state index contributed by atoms with van der Waals surface area (Å²) in [6, 6.07) is 12.3. The number of ether oxygens (including phenoxy) is 1. The second-order valence-electron chi connectivity index (χ2n) is 9.08. The predicted octanol–water partition coefficient (Wildman–Crippen LogP) is 3.57. The van der Waals surface area contributed by atoms with E-state index in [9.17, 15) is 13.2 Å². The van der Waals surface area contributed by atoms with E-state index in [1.807, 2.05) is 43.0 Å². The Morgan fingerprint density at radius 3 is 2.70 bits per heavy atom. The zero-order valence-electron chi connectivity index (χ0n) is 17.2. The Labute approximate surface area is 177 Å². The number of nitrogens with one attached hydrogen (secondary N) is 1. The van der Waals surface area contributed by atoms with Crippen LogP contribution in [0.15, 0.2) is 47.4 Å². The van der Waals surface area contributed by atoms with Crippen molar-refractivity contribution in [2.45, 2.75) is 56.1 Å². The number of hydrogen-bond acceptors (Lipinski definition) is 4. The normalized spacial score (nSPS) is 22.2. The third-order valence-corrected chi connectivity index (χ3v) is 7.59. The molecule has 2 heterocycles. The maximum atomic E-state index is 13.2. The van der Waals surface area contributed by atoms with Crippen LogP contribution in [0.5, 0.6) is 5.75 Å². The van der Waals surface area contributed by atoms with Gasteiger partial charge in [-0.3, -0.25) is 4.79 Å². The Kier molecular flexibility index (Phi) is 4.45. The lowest BCUT2D eigenvalue weighted by molar-refractivity contribution is -0.119. The molecular formula is C23H26N2O4S. The summed E-state index contributed by atoms with van der Waals surface area (Å²) in [7, 11) is -3.73. The highest BCUT2D eigenvalue weighted by molar-refractivity contribution is 7.89. The summed E-state index contributed by atoms with van der Waals surface area (Å²) in [5, 5.41) is 0. The molecule has 1 saturated carbocycles. The molecule has 3 aliphatic rings. The first kappa shape index (κ1) is 19.6. The molecule has 1 aliphatic carbocycles. The third kappa shape index (κ3) is 3.50. The molecule has 2 aromatic rings. The van der Waals surface area contributed by atoms with Crippen LogP contribution in [0.1, 0.15) is 50.3 Å². The van der Waals surface area contributed by atoms with E-state index < -0.39 is 15.6 Å². The van der Waals surface area contributed by atoms with Gasteiger partial charge in [-0.05, 0) is 62.9 Å². The molecule has 5 rings (SSSR count). The van der Waals surface area contributed by atoms with Crippen LogP contribution < -0.4 is 14.4 Å². The molecule has 0 radical (unpaired) electrons. The Bertz CT molecular complexity index is 1120. The van der Waals surface area contributed by atoms with Crippen LogP contribution in [0.2, 0.25) is 0 Å². The van der Waals surface area contributed by atoms with Gasteiger partial charge in [0.05, 0.1) is 10.9 Å². The fraction of sp³-hybridized carbons (Fsp3) is 0.435. The second kappa shape index (κ2) is 6.82. The maximum Gasteiger partial charge on any atom is 0.241 e. The first-order chi connectivity index (χ1) is 14.2. The van der Waals surface area contributed by atoms with E-state index in [0.717, 1.165) is 29.7 Å². The fourth-order valence-corrected chi connectivity index (χ4v) is 5.75. The number of hydrogen-bond donors (Lipinski definition) is 1. The quantitative estimate of drug-likeness (QED) is 0.811. The summed E-state index contributed by atoms with van der Waals surface area (Å²) < 4.78 is 35.3. The van der Waals surface area contributed by atoms with E-state index in [1.54, 1.807) is 18.2 Å². The monoisotopic (exact) mass is 426 g/mol. The first-order valence-electron chi connectivity index (χ1n) is 10.5. The highest BCUT2D eigenvalue weighted by Crippen LogP contribution is 2.41. The lowest BCUT2D eigenvalue weighted by atomic mass is 9.90. The zero-order chi connectivity index (χ0) is 21.1. The molecule has 0 spiro atoms. The average Bonchev–Trinajstić information content (AvgIpc) is 3.45. The third-order valence-electron chi connectivity index (χ3n) is 6.12. The highest BCUT2D eigenvalue weighted by Gasteiger charge is 2.38. The smallest absolute Gasteiger partial charge is 0.241 e. The van der Waals surface area contributed by atoms with Crippen molar-refractivity contribution in [3.8, 4) is 5.75 Å². The van der Waals surface area contributed by atoms with Gasteiger partial charge in [0.25, 0.3) is 0 Å². The van der Waals surface area contributed by atoms with Crippen molar-refractivity contribution in [2.24, 2.45) is 5.92 Å². The molecule has 30 heavy (non-hydrogen) atoms. The van der Waals surface area contributed by atoms with E-state index in [-0.39, 0.29) is 22.8 Å². The van der Waals surface area contributed by atoms with Crippen LogP contribution in [0.3, 0.4) is 0 Å². The Morgan fingerprint density at radius 2 is 1.93 bits per heavy atom. The van der Waals surface area contributed by atoms with Gasteiger partial charge in [-0.2, -0.15) is 0 Å². The van der Waals surface area contributed by atoms with Crippen LogP contribution in [0.4, 0.5) is 5.69 Å². The van der Waals surface area contributed by atoms with Gasteiger partial charge in [-0.15, -0.1) is 0 Å². The van der Waals surface area contributed by atoms with Gasteiger partial charge in [0.2, 0.25) is 15.9 Å². The highest BCUT2D eigenvalue weighted by atomic mass is 32.2. The summed E-state index contributed by atoms with van der Waals surface area (Å²) in [5.74, 6) is 1.03. The number of para-hydroxylation sites is 1. The largest absolute Gasteiger partial charge is 0.487 e. The van der Waals surface area contributed by atoms with Gasteiger partial charge in [-0.25, -0.2) is 13.1 Å². The van der Waals surface area contributed by atoms with E-state index in [4.69, 9.17) is 4.74 Å². The predicted molar refractivity (Wildman–Crippen MR) is 114 cm³/mol. The molecule has 2 aromatic carbocycles. The summed E-state index contributed by atoms with van der Waals surface area (Å²) in [6.07, 6.45) is 3.15. The SMILES string of the molecule is CC1(C)C[C@@H](NS(=O)(=O)c2ccc3c(c2)CCN3C(=O)C2CC2)c2ccccc2O1. The minimum absolute atomic E-state index is 0.151. The Hall–Kier alpha value is -2.38. The van der Waals surface area contributed by atoms with Crippen molar-refractivity contribution in [2.75, 3.05) is 11.4 Å². The molecule has 1 N–H and O–H groups in total. The summed E-state index contributed by atoms with van der Waals surface area (Å²) >= 11 is 0. The van der Waals surface area contributed by atoms with E-state index in [1.165, 1.54) is 0 Å². The standard InChI is InChI=1S/C23H26N2O4S/c1-23(2)14-19(18-5-3-4-6-21(18)29-23)24-30(27,28)17-9-10-20-16(13-17)11-12-25(20)22(26)15-7-8-15/h3-6,9-10,13,15,19,24H,7-8,11-12,14H2,1-2H3/t19-/m1/s1. The summed E-state index contributed by atoms with van der Waals surface area (Å²) in [4.78, 5) is 14.5. The van der Waals surface area contributed by atoms with Crippen molar-refractivity contribution in [1.29, 1.82) is 0 Å². The number of rotatable bonds is 4. The average molecular weight is 427 g/mol. The summed E-state index contributed by atoms with van der Waals surface area (Å²) in [5.41, 5.74) is 2.15. The number of sulfonamides is 1. The van der Waals surface area contributed by atoms with Crippen LogP contribution in [0.25, 0.3) is 0 Å². The second-order valence-corrected chi connectivity index (χ2v) is 10.8. The van der Waals surface area contributed by atoms with E-state index in [0.29, 0.717) is 25.1 Å². The number of benzene rings is 2. The number of nitrogens with zero attached hydrogens (tertiary/aromatic N) is 1. The minimum Gasteiger partial charge on any atom is -0.487 e. The molecule has 6 nitrogen and oxygen atoms in total. The Morgan fingerprint density at radius 1 is 1.17 bits per heavy atom. The number of amides is 1. The lowest BCUT2D eigenvalue weighted by Crippen LogP contribution is -2.41. The zero-order valence-corrected chi connectivity index (χ0v) is 18.0. The van der Waals surface area contributed by atoms with Crippen LogP contribution >= 0.6 is 0 Å². The number of carbonyl (C=O) groups excluding carboxylic acids is 1. The van der Waals surface area contributed by atoms with Crippen molar-refractivity contribution >= 4 is 21.6 Å². The molecule has 0 saturated heterocycles. The maximum absolute atomic E-state index is 13.2. The van der Waals surface area contributed by atoms with Crippen LogP contribution in [-0.4, -0.2) is 26.5 Å². The molecule has 2 aliphatic heterocycles. The fourth-order valence-electron chi connectivity index (χ4n) is 4.49. The van der Waals surface area contributed by atoms with Crippen molar-refractivity contribution in [3.05, 3.63) is 53.6 Å². The topological polar surface area (TPSA) is 75.7 Å². The number of fused-ring (bicyclic) bond motifs is 2. The molecule has 0 unspecified atom stereocenters. The molecular weight excluding hydrogens is 400 g/mol. The van der Waals surface area contributed by atoms with Gasteiger partial charge in [0, 0.05) is 30.1 Å². The summed E-state index contributed by atoms with van der Waals surface area (Å²) in [6.45, 7) is 4.55. The van der Waals surface area contributed by atoms with Crippen molar-refractivity contribution in [1.82, 2.24) is 4.72 Å². The van der Waals surface area contributed by atoms with Crippen molar-refractivity contribution < 1.29 is 17.9 Å². The van der Waals surface area contributed by atoms with Gasteiger partial charge in [-0.1, -0.05) is 18.2 Å². The van der Waals surface area contributed by atoms with Crippen molar-refractivity contribution in [3.63, 3.8) is 0 Å². The molecule has 7 heteroatoms. The van der Waals surface area contributed by atoms with Gasteiger partial charge < -0.3 is 9.64 Å². The van der Waals surface area contributed by atoms with E-state index in [2.05, 4.69) is 4.72 Å². The first-order valence-corrected chi connectivity index (χ1v) is 12.0. The number of carbonyl (C=O) groups is 1. The van der Waals surface area contributed by atoms with E-state index >= 15 is 0 Å². The van der Waals surface area contributed by atoms with Gasteiger partial charge in [0.15, 0.2) is 0 Å². The molecule has 158 valence electrons. The van der Waals surface area contributed by atoms with Gasteiger partial charge in [0.1, 0.15) is 11.4 Å². The van der Waals surface area contributed by atoms with Gasteiger partial charge >= 0.3 is 0 Å².